The summed E-state index contributed by atoms with van der Waals surface area (Å²) in [7, 11) is 1.82. The maximum absolute atomic E-state index is 13.4. The number of halogens is 1. The summed E-state index contributed by atoms with van der Waals surface area (Å²) in [6.45, 7) is 1.87. The van der Waals surface area contributed by atoms with Crippen molar-refractivity contribution in [2.24, 2.45) is 5.73 Å². The number of amides is 1. The molecule has 0 fully saturated rings. The Balaban J connectivity index is 1.68. The molecule has 23 heavy (non-hydrogen) atoms. The van der Waals surface area contributed by atoms with Crippen LogP contribution in [0.15, 0.2) is 32.8 Å². The van der Waals surface area contributed by atoms with E-state index in [0.29, 0.717) is 5.69 Å². The molecule has 122 valence electrons. The Kier molecular flexibility index (Phi) is 4.81. The first-order valence-corrected chi connectivity index (χ1v) is 9.45. The molecule has 0 bridgehead atoms. The van der Waals surface area contributed by atoms with Gasteiger partial charge in [-0.1, -0.05) is 23.5 Å². The molecule has 2 atom stereocenters. The number of thiazole rings is 1. The van der Waals surface area contributed by atoms with Crippen LogP contribution < -0.4 is 16.0 Å². The number of anilines is 1. The number of nitrogens with zero attached hydrogens (tertiary/aromatic N) is 2. The SMILES string of the molecule is CC(N)Sc1nc(C(=O)NC2Sc3ccc(F)cc3N2C)cs1. The van der Waals surface area contributed by atoms with Crippen molar-refractivity contribution in [1.82, 2.24) is 10.3 Å². The molecule has 1 amide bonds. The van der Waals surface area contributed by atoms with E-state index in [1.54, 1.807) is 11.4 Å². The van der Waals surface area contributed by atoms with Crippen molar-refractivity contribution in [3.63, 3.8) is 0 Å². The molecule has 2 unspecified atom stereocenters. The van der Waals surface area contributed by atoms with E-state index in [2.05, 4.69) is 10.3 Å². The average Bonchev–Trinajstić information content (AvgIpc) is 3.05. The molecule has 0 aliphatic carbocycles. The molecule has 0 spiro atoms. The van der Waals surface area contributed by atoms with Crippen LogP contribution in [0.2, 0.25) is 0 Å². The molecule has 1 aliphatic rings. The van der Waals surface area contributed by atoms with Crippen LogP contribution in [0, 0.1) is 5.82 Å². The van der Waals surface area contributed by atoms with Crippen LogP contribution in [-0.4, -0.2) is 28.8 Å². The minimum atomic E-state index is -0.291. The lowest BCUT2D eigenvalue weighted by molar-refractivity contribution is 0.0945. The van der Waals surface area contributed by atoms with Gasteiger partial charge in [0.2, 0.25) is 0 Å². The summed E-state index contributed by atoms with van der Waals surface area (Å²) >= 11 is 4.29. The van der Waals surface area contributed by atoms with Gasteiger partial charge >= 0.3 is 0 Å². The lowest BCUT2D eigenvalue weighted by Gasteiger charge is -2.21. The summed E-state index contributed by atoms with van der Waals surface area (Å²) in [5.74, 6) is -0.546. The number of carbonyl (C=O) groups excluding carboxylic acids is 1. The Morgan fingerprint density at radius 1 is 1.57 bits per heavy atom. The molecule has 1 aliphatic heterocycles. The molecular weight excluding hydrogens is 355 g/mol. The summed E-state index contributed by atoms with van der Waals surface area (Å²) in [6, 6.07) is 4.61. The van der Waals surface area contributed by atoms with Crippen LogP contribution in [0.1, 0.15) is 17.4 Å². The van der Waals surface area contributed by atoms with Gasteiger partial charge in [-0.3, -0.25) is 4.79 Å². The van der Waals surface area contributed by atoms with Gasteiger partial charge in [0.25, 0.3) is 5.91 Å². The molecule has 5 nitrogen and oxygen atoms in total. The molecule has 0 saturated carbocycles. The van der Waals surface area contributed by atoms with Gasteiger partial charge in [0.05, 0.1) is 11.1 Å². The predicted octanol–water partition coefficient (Wildman–Crippen LogP) is 2.93. The number of benzene rings is 1. The third-order valence-corrected chi connectivity index (χ3v) is 6.28. The van der Waals surface area contributed by atoms with Gasteiger partial charge < -0.3 is 16.0 Å². The highest BCUT2D eigenvalue weighted by molar-refractivity contribution is 8.01. The Morgan fingerprint density at radius 2 is 2.35 bits per heavy atom. The second kappa shape index (κ2) is 6.68. The second-order valence-electron chi connectivity index (χ2n) is 4.99. The fourth-order valence-corrected chi connectivity index (χ4v) is 5.04. The Morgan fingerprint density at radius 3 is 3.09 bits per heavy atom. The van der Waals surface area contributed by atoms with Gasteiger partial charge in [-0.2, -0.15) is 0 Å². The average molecular weight is 371 g/mol. The standard InChI is InChI=1S/C14H15FN4OS3/c1-7(16)22-14-17-9(6-21-14)12(20)18-13-19(2)10-5-8(15)3-4-11(10)23-13/h3-7,13H,16H2,1-2H3,(H,18,20). The van der Waals surface area contributed by atoms with Crippen molar-refractivity contribution in [1.29, 1.82) is 0 Å². The molecule has 3 rings (SSSR count). The fourth-order valence-electron chi connectivity index (χ4n) is 2.08. The van der Waals surface area contributed by atoms with E-state index in [1.165, 1.54) is 47.0 Å². The maximum atomic E-state index is 13.4. The number of nitrogens with two attached hydrogens (primary N) is 1. The number of carbonyl (C=O) groups is 1. The van der Waals surface area contributed by atoms with E-state index in [9.17, 15) is 9.18 Å². The van der Waals surface area contributed by atoms with Crippen LogP contribution >= 0.6 is 34.9 Å². The molecule has 0 saturated heterocycles. The van der Waals surface area contributed by atoms with E-state index < -0.39 is 0 Å². The molecule has 1 aromatic carbocycles. The van der Waals surface area contributed by atoms with Crippen LogP contribution in [0.4, 0.5) is 10.1 Å². The number of aromatic nitrogens is 1. The van der Waals surface area contributed by atoms with Crippen LogP contribution in [0.3, 0.4) is 0 Å². The van der Waals surface area contributed by atoms with Gasteiger partial charge in [-0.15, -0.1) is 11.3 Å². The van der Waals surface area contributed by atoms with E-state index in [-0.39, 0.29) is 22.6 Å². The largest absolute Gasteiger partial charge is 0.345 e. The first-order chi connectivity index (χ1) is 10.9. The van der Waals surface area contributed by atoms with E-state index >= 15 is 0 Å². The number of rotatable bonds is 4. The molecular formula is C14H15FN4OS3. The van der Waals surface area contributed by atoms with Gasteiger partial charge in [-0.05, 0) is 25.1 Å². The zero-order valence-corrected chi connectivity index (χ0v) is 14.9. The van der Waals surface area contributed by atoms with Gasteiger partial charge in [0, 0.05) is 17.3 Å². The summed E-state index contributed by atoms with van der Waals surface area (Å²) in [6.07, 6.45) is 0. The minimum absolute atomic E-state index is 0.0713. The summed E-state index contributed by atoms with van der Waals surface area (Å²) in [5.41, 5.74) is 6.56. The number of thioether (sulfide) groups is 2. The summed E-state index contributed by atoms with van der Waals surface area (Å²) in [5, 5.41) is 4.55. The lowest BCUT2D eigenvalue weighted by atomic mass is 10.3. The van der Waals surface area contributed by atoms with E-state index in [1.807, 2.05) is 18.9 Å². The Hall–Kier alpha value is -1.29. The van der Waals surface area contributed by atoms with Crippen molar-refractivity contribution >= 4 is 46.5 Å². The zero-order valence-electron chi connectivity index (χ0n) is 12.4. The highest BCUT2D eigenvalue weighted by Gasteiger charge is 2.29. The van der Waals surface area contributed by atoms with Crippen molar-refractivity contribution in [2.45, 2.75) is 27.0 Å². The predicted molar refractivity (Wildman–Crippen MR) is 93.5 cm³/mol. The van der Waals surface area contributed by atoms with E-state index in [0.717, 1.165) is 14.9 Å². The molecule has 2 heterocycles. The highest BCUT2D eigenvalue weighted by Crippen LogP contribution is 2.41. The van der Waals surface area contributed by atoms with E-state index in [4.69, 9.17) is 5.73 Å². The van der Waals surface area contributed by atoms with Crippen molar-refractivity contribution in [2.75, 3.05) is 11.9 Å². The molecule has 1 aromatic heterocycles. The van der Waals surface area contributed by atoms with Crippen molar-refractivity contribution in [3.8, 4) is 0 Å². The van der Waals surface area contributed by atoms with Crippen molar-refractivity contribution in [3.05, 3.63) is 35.1 Å². The maximum Gasteiger partial charge on any atom is 0.273 e. The zero-order chi connectivity index (χ0) is 16.6. The van der Waals surface area contributed by atoms with Gasteiger partial charge in [0.1, 0.15) is 11.5 Å². The van der Waals surface area contributed by atoms with Crippen LogP contribution in [0.25, 0.3) is 0 Å². The van der Waals surface area contributed by atoms with Crippen LogP contribution in [-0.2, 0) is 0 Å². The summed E-state index contributed by atoms with van der Waals surface area (Å²) < 4.78 is 14.1. The van der Waals surface area contributed by atoms with Gasteiger partial charge in [0.15, 0.2) is 9.84 Å². The van der Waals surface area contributed by atoms with Gasteiger partial charge in [-0.25, -0.2) is 9.37 Å². The fraction of sp³-hybridized carbons (Fsp3) is 0.286. The second-order valence-corrected chi connectivity index (χ2v) is 8.59. The van der Waals surface area contributed by atoms with Crippen molar-refractivity contribution < 1.29 is 9.18 Å². The van der Waals surface area contributed by atoms with Crippen LogP contribution in [0.5, 0.6) is 0 Å². The first-order valence-electron chi connectivity index (χ1n) is 6.81. The molecule has 0 radical (unpaired) electrons. The monoisotopic (exact) mass is 370 g/mol. The highest BCUT2D eigenvalue weighted by atomic mass is 32.2. The first kappa shape index (κ1) is 16.6. The lowest BCUT2D eigenvalue weighted by Crippen LogP contribution is -2.42. The molecule has 9 heteroatoms. The summed E-state index contributed by atoms with van der Waals surface area (Å²) in [4.78, 5) is 19.4. The molecule has 3 N–H and O–H groups in total. The topological polar surface area (TPSA) is 71.2 Å². The number of hydrogen-bond acceptors (Lipinski definition) is 7. The third-order valence-electron chi connectivity index (χ3n) is 3.15. The normalized spacial score (nSPS) is 17.9. The minimum Gasteiger partial charge on any atom is -0.345 e. The third kappa shape index (κ3) is 3.63. The smallest absolute Gasteiger partial charge is 0.273 e. The Bertz CT molecular complexity index is 737. The quantitative estimate of drug-likeness (QED) is 0.637. The molecule has 2 aromatic rings. The Labute approximate surface area is 145 Å². The number of hydrogen-bond donors (Lipinski definition) is 2. The number of fused-ring (bicyclic) bond motifs is 1. The number of nitrogens with one attached hydrogen (secondary N) is 1.